The second-order valence-corrected chi connectivity index (χ2v) is 8.23. The number of aryl methyl sites for hydroxylation is 1. The van der Waals surface area contributed by atoms with E-state index in [0.29, 0.717) is 10.7 Å². The molecule has 1 aliphatic rings. The molecule has 0 radical (unpaired) electrons. The van der Waals surface area contributed by atoms with E-state index in [1.807, 2.05) is 41.1 Å². The molecule has 2 N–H and O–H groups in total. The SMILES string of the molecule is COc1ccc(-n2nc(C)c([C@H]3C=C[C@@H](NC(=S)Nc4cccc(C#N)c4)C3)c2C)cc1. The van der Waals surface area contributed by atoms with Gasteiger partial charge >= 0.3 is 0 Å². The van der Waals surface area contributed by atoms with Crippen molar-refractivity contribution in [3.63, 3.8) is 0 Å². The number of benzene rings is 2. The second-order valence-electron chi connectivity index (χ2n) is 7.82. The number of ether oxygens (including phenoxy) is 1. The average Bonchev–Trinajstić information content (AvgIpc) is 3.36. The van der Waals surface area contributed by atoms with Gasteiger partial charge in [0, 0.05) is 28.9 Å². The van der Waals surface area contributed by atoms with Crippen molar-refractivity contribution < 1.29 is 4.74 Å². The molecule has 0 amide bonds. The molecule has 0 saturated carbocycles. The molecular formula is C25H25N5OS. The molecule has 32 heavy (non-hydrogen) atoms. The number of nitriles is 1. The van der Waals surface area contributed by atoms with Crippen LogP contribution in [0.25, 0.3) is 5.69 Å². The van der Waals surface area contributed by atoms with E-state index < -0.39 is 0 Å². The third-order valence-corrected chi connectivity index (χ3v) is 5.90. The lowest BCUT2D eigenvalue weighted by Crippen LogP contribution is -2.35. The fourth-order valence-corrected chi connectivity index (χ4v) is 4.46. The summed E-state index contributed by atoms with van der Waals surface area (Å²) < 4.78 is 7.26. The van der Waals surface area contributed by atoms with E-state index in [1.54, 1.807) is 19.2 Å². The fraction of sp³-hybridized carbons (Fsp3) is 0.240. The highest BCUT2D eigenvalue weighted by Crippen LogP contribution is 2.34. The summed E-state index contributed by atoms with van der Waals surface area (Å²) in [5.74, 6) is 1.09. The van der Waals surface area contributed by atoms with Crippen LogP contribution in [0, 0.1) is 25.2 Å². The zero-order valence-electron chi connectivity index (χ0n) is 18.3. The van der Waals surface area contributed by atoms with Gasteiger partial charge in [0.25, 0.3) is 0 Å². The fourth-order valence-electron chi connectivity index (χ4n) is 4.19. The normalized spacial score (nSPS) is 17.1. The second kappa shape index (κ2) is 9.25. The summed E-state index contributed by atoms with van der Waals surface area (Å²) in [5.41, 5.74) is 5.83. The standard InChI is InChI=1S/C25H25N5OS/c1-16-24(17(2)30(29-16)22-9-11-23(31-3)12-10-22)19-7-8-21(14-19)28-25(32)27-20-6-4-5-18(13-20)15-26/h4-13,19,21H,14H2,1-3H3,(H2,27,28,32)/t19-,21+/m0/s1. The van der Waals surface area contributed by atoms with E-state index >= 15 is 0 Å². The highest BCUT2D eigenvalue weighted by Gasteiger charge is 2.26. The Hall–Kier alpha value is -3.63. The van der Waals surface area contributed by atoms with Gasteiger partial charge in [-0.15, -0.1) is 0 Å². The van der Waals surface area contributed by atoms with Gasteiger partial charge in [0.2, 0.25) is 0 Å². The minimum atomic E-state index is 0.127. The molecule has 7 heteroatoms. The third-order valence-electron chi connectivity index (χ3n) is 5.68. The average molecular weight is 444 g/mol. The summed E-state index contributed by atoms with van der Waals surface area (Å²) >= 11 is 5.48. The van der Waals surface area contributed by atoms with Crippen molar-refractivity contribution in [1.29, 1.82) is 5.26 Å². The molecule has 2 aromatic carbocycles. The van der Waals surface area contributed by atoms with Crippen molar-refractivity contribution in [1.82, 2.24) is 15.1 Å². The highest BCUT2D eigenvalue weighted by atomic mass is 32.1. The molecule has 0 fully saturated rings. The Labute approximate surface area is 193 Å². The first-order chi connectivity index (χ1) is 15.5. The maximum atomic E-state index is 9.06. The number of allylic oxidation sites excluding steroid dienone is 1. The van der Waals surface area contributed by atoms with E-state index in [-0.39, 0.29) is 12.0 Å². The summed E-state index contributed by atoms with van der Waals surface area (Å²) in [5, 5.41) is 20.9. The van der Waals surface area contributed by atoms with E-state index in [1.165, 1.54) is 5.56 Å². The van der Waals surface area contributed by atoms with Crippen LogP contribution in [0.15, 0.2) is 60.7 Å². The number of nitrogens with zero attached hydrogens (tertiary/aromatic N) is 3. The number of methoxy groups -OCH3 is 1. The lowest BCUT2D eigenvalue weighted by Gasteiger charge is -2.17. The Balaban J connectivity index is 1.43. The van der Waals surface area contributed by atoms with Gasteiger partial charge in [-0.05, 0) is 75.0 Å². The van der Waals surface area contributed by atoms with Gasteiger partial charge in [-0.3, -0.25) is 0 Å². The first-order valence-electron chi connectivity index (χ1n) is 10.4. The zero-order chi connectivity index (χ0) is 22.7. The Kier molecular flexibility index (Phi) is 6.24. The van der Waals surface area contributed by atoms with Crippen LogP contribution >= 0.6 is 12.2 Å². The number of hydrogen-bond acceptors (Lipinski definition) is 4. The van der Waals surface area contributed by atoms with Gasteiger partial charge in [0.05, 0.1) is 30.1 Å². The van der Waals surface area contributed by atoms with Gasteiger partial charge in [0.1, 0.15) is 5.75 Å². The van der Waals surface area contributed by atoms with Crippen LogP contribution < -0.4 is 15.4 Å². The van der Waals surface area contributed by atoms with Crippen LogP contribution in [0.1, 0.15) is 34.9 Å². The summed E-state index contributed by atoms with van der Waals surface area (Å²) in [6.07, 6.45) is 5.29. The van der Waals surface area contributed by atoms with Crippen LogP contribution in [0.5, 0.6) is 5.75 Å². The number of thiocarbonyl (C=S) groups is 1. The molecule has 6 nitrogen and oxygen atoms in total. The zero-order valence-corrected chi connectivity index (χ0v) is 19.1. The van der Waals surface area contributed by atoms with Gasteiger partial charge in [0.15, 0.2) is 5.11 Å². The summed E-state index contributed by atoms with van der Waals surface area (Å²) in [7, 11) is 1.66. The third kappa shape index (κ3) is 4.51. The molecule has 0 spiro atoms. The van der Waals surface area contributed by atoms with Crippen molar-refractivity contribution in [2.45, 2.75) is 32.2 Å². The maximum Gasteiger partial charge on any atom is 0.171 e. The molecule has 1 aliphatic carbocycles. The van der Waals surface area contributed by atoms with Crippen molar-refractivity contribution in [2.75, 3.05) is 12.4 Å². The van der Waals surface area contributed by atoms with E-state index in [9.17, 15) is 0 Å². The predicted octanol–water partition coefficient (Wildman–Crippen LogP) is 4.77. The molecular weight excluding hydrogens is 418 g/mol. The molecule has 2 atom stereocenters. The molecule has 0 aliphatic heterocycles. The number of nitrogens with one attached hydrogen (secondary N) is 2. The molecule has 1 aromatic heterocycles. The first-order valence-corrected chi connectivity index (χ1v) is 10.9. The van der Waals surface area contributed by atoms with Crippen molar-refractivity contribution in [3.8, 4) is 17.5 Å². The van der Waals surface area contributed by atoms with E-state index in [2.05, 4.69) is 42.7 Å². The van der Waals surface area contributed by atoms with E-state index in [0.717, 1.165) is 34.9 Å². The lowest BCUT2D eigenvalue weighted by atomic mass is 9.96. The van der Waals surface area contributed by atoms with Crippen LogP contribution in [0.4, 0.5) is 5.69 Å². The van der Waals surface area contributed by atoms with Crippen LogP contribution in [-0.4, -0.2) is 28.0 Å². The largest absolute Gasteiger partial charge is 0.497 e. The molecule has 0 unspecified atom stereocenters. The van der Waals surface area contributed by atoms with Crippen LogP contribution in [0.3, 0.4) is 0 Å². The molecule has 1 heterocycles. The Morgan fingerprint density at radius 1 is 1.19 bits per heavy atom. The minimum Gasteiger partial charge on any atom is -0.497 e. The molecule has 4 rings (SSSR count). The smallest absolute Gasteiger partial charge is 0.171 e. The number of hydrogen-bond donors (Lipinski definition) is 2. The molecule has 3 aromatic rings. The van der Waals surface area contributed by atoms with Crippen LogP contribution in [-0.2, 0) is 0 Å². The Bertz CT molecular complexity index is 1210. The van der Waals surface area contributed by atoms with Crippen molar-refractivity contribution >= 4 is 23.0 Å². The van der Waals surface area contributed by atoms with Crippen molar-refractivity contribution in [2.24, 2.45) is 0 Å². The Morgan fingerprint density at radius 3 is 2.69 bits per heavy atom. The van der Waals surface area contributed by atoms with Gasteiger partial charge < -0.3 is 15.4 Å². The van der Waals surface area contributed by atoms with Gasteiger partial charge in [-0.2, -0.15) is 10.4 Å². The lowest BCUT2D eigenvalue weighted by molar-refractivity contribution is 0.414. The highest BCUT2D eigenvalue weighted by molar-refractivity contribution is 7.80. The summed E-state index contributed by atoms with van der Waals surface area (Å²) in [6, 6.07) is 17.5. The summed E-state index contributed by atoms with van der Waals surface area (Å²) in [4.78, 5) is 0. The van der Waals surface area contributed by atoms with E-state index in [4.69, 9.17) is 27.3 Å². The topological polar surface area (TPSA) is 74.9 Å². The van der Waals surface area contributed by atoms with Gasteiger partial charge in [-0.25, -0.2) is 4.68 Å². The quantitative estimate of drug-likeness (QED) is 0.437. The maximum absolute atomic E-state index is 9.06. The minimum absolute atomic E-state index is 0.127. The predicted molar refractivity (Wildman–Crippen MR) is 130 cm³/mol. The van der Waals surface area contributed by atoms with Crippen molar-refractivity contribution in [3.05, 3.63) is 83.2 Å². The monoisotopic (exact) mass is 443 g/mol. The molecule has 0 saturated heterocycles. The number of aromatic nitrogens is 2. The Morgan fingerprint density at radius 2 is 1.97 bits per heavy atom. The first kappa shape index (κ1) is 21.6. The number of anilines is 1. The van der Waals surface area contributed by atoms with Gasteiger partial charge in [-0.1, -0.05) is 18.2 Å². The summed E-state index contributed by atoms with van der Waals surface area (Å²) in [6.45, 7) is 4.17. The molecule has 162 valence electrons. The van der Waals surface area contributed by atoms with Crippen LogP contribution in [0.2, 0.25) is 0 Å². The molecule has 0 bridgehead atoms. The number of rotatable bonds is 5.